The van der Waals surface area contributed by atoms with Crippen LogP contribution in [0.3, 0.4) is 0 Å². The Balaban J connectivity index is 1.91. The normalized spacial score (nSPS) is 16.6. The summed E-state index contributed by atoms with van der Waals surface area (Å²) in [7, 11) is -3.65. The lowest BCUT2D eigenvalue weighted by molar-refractivity contribution is -0.120. The molecule has 0 unspecified atom stereocenters. The lowest BCUT2D eigenvalue weighted by Gasteiger charge is -2.33. The molecule has 0 aromatic heterocycles. The van der Waals surface area contributed by atoms with Gasteiger partial charge in [0.1, 0.15) is 0 Å². The zero-order chi connectivity index (χ0) is 18.6. The molecule has 3 N–H and O–H groups in total. The zero-order valence-electron chi connectivity index (χ0n) is 13.2. The summed E-state index contributed by atoms with van der Waals surface area (Å²) in [6.45, 7) is 1.95. The molecule has 1 heterocycles. The molecule has 1 aliphatic rings. The molecule has 0 bridgehead atoms. The summed E-state index contributed by atoms with van der Waals surface area (Å²) in [5.74, 6) is -0.460. The van der Waals surface area contributed by atoms with E-state index in [2.05, 4.69) is 0 Å². The number of benzene rings is 1. The monoisotopic (exact) mass is 408 g/mol. The summed E-state index contributed by atoms with van der Waals surface area (Å²) in [5.41, 5.74) is 4.87. The van der Waals surface area contributed by atoms with Crippen molar-refractivity contribution in [3.8, 4) is 0 Å². The van der Waals surface area contributed by atoms with Crippen molar-refractivity contribution >= 4 is 45.2 Å². The van der Waals surface area contributed by atoms with Crippen molar-refractivity contribution in [2.45, 2.75) is 11.3 Å². The number of imide groups is 1. The first kappa shape index (κ1) is 19.9. The van der Waals surface area contributed by atoms with E-state index in [1.54, 1.807) is 0 Å². The van der Waals surface area contributed by atoms with E-state index < -0.39 is 22.0 Å². The Hall–Kier alpha value is -1.39. The van der Waals surface area contributed by atoms with E-state index in [0.29, 0.717) is 37.7 Å². The van der Waals surface area contributed by atoms with Gasteiger partial charge in [-0.1, -0.05) is 23.2 Å². The van der Waals surface area contributed by atoms with Gasteiger partial charge < -0.3 is 10.6 Å². The first-order valence-electron chi connectivity index (χ1n) is 7.47. The van der Waals surface area contributed by atoms with E-state index >= 15 is 0 Å². The average Bonchev–Trinajstić information content (AvgIpc) is 2.55. The second kappa shape index (κ2) is 8.33. The highest BCUT2D eigenvalue weighted by Crippen LogP contribution is 2.27. The van der Waals surface area contributed by atoms with Crippen molar-refractivity contribution in [2.75, 3.05) is 32.7 Å². The number of hydrogen-bond donors (Lipinski definition) is 2. The number of hydrogen-bond acceptors (Lipinski definition) is 5. The maximum absolute atomic E-state index is 12.6. The number of carbonyl (C=O) groups excluding carboxylic acids is 2. The van der Waals surface area contributed by atoms with Gasteiger partial charge in [0.2, 0.25) is 15.9 Å². The number of nitrogens with zero attached hydrogens (tertiary/aromatic N) is 2. The van der Waals surface area contributed by atoms with Crippen LogP contribution in [0.15, 0.2) is 23.1 Å². The highest BCUT2D eigenvalue weighted by Gasteiger charge is 2.29. The van der Waals surface area contributed by atoms with Crippen LogP contribution in [0.2, 0.25) is 10.0 Å². The van der Waals surface area contributed by atoms with Crippen molar-refractivity contribution in [1.82, 2.24) is 14.5 Å². The summed E-state index contributed by atoms with van der Waals surface area (Å²) in [6.07, 6.45) is 0.114. The van der Waals surface area contributed by atoms with Crippen molar-refractivity contribution in [3.63, 3.8) is 0 Å². The van der Waals surface area contributed by atoms with Gasteiger partial charge in [-0.15, -0.1) is 0 Å². The van der Waals surface area contributed by atoms with Crippen molar-refractivity contribution in [2.24, 2.45) is 5.73 Å². The fourth-order valence-corrected chi connectivity index (χ4v) is 4.25. The van der Waals surface area contributed by atoms with Gasteiger partial charge in [-0.3, -0.25) is 10.1 Å². The molecule has 1 saturated heterocycles. The number of rotatable bonds is 5. The molecule has 1 aromatic rings. The average molecular weight is 409 g/mol. The minimum absolute atomic E-state index is 0.0937. The molecule has 1 aliphatic heterocycles. The third-order valence-corrected chi connectivity index (χ3v) is 6.41. The number of halogens is 2. The van der Waals surface area contributed by atoms with Crippen LogP contribution in [0, 0.1) is 0 Å². The molecule has 2 rings (SSSR count). The number of carbonyl (C=O) groups is 2. The molecule has 0 spiro atoms. The Bertz CT molecular complexity index is 764. The highest BCUT2D eigenvalue weighted by atomic mass is 35.5. The minimum atomic E-state index is -3.65. The van der Waals surface area contributed by atoms with Crippen LogP contribution < -0.4 is 11.1 Å². The number of primary amides is 1. The molecular weight excluding hydrogens is 391 g/mol. The molecule has 0 aliphatic carbocycles. The topological polar surface area (TPSA) is 113 Å². The molecule has 0 radical (unpaired) electrons. The Morgan fingerprint density at radius 3 is 2.32 bits per heavy atom. The van der Waals surface area contributed by atoms with Crippen LogP contribution in [0.1, 0.15) is 6.42 Å². The fourth-order valence-electron chi connectivity index (χ4n) is 2.44. The van der Waals surface area contributed by atoms with Crippen molar-refractivity contribution in [1.29, 1.82) is 0 Å². The lowest BCUT2D eigenvalue weighted by Crippen LogP contribution is -2.49. The highest BCUT2D eigenvalue weighted by molar-refractivity contribution is 7.89. The van der Waals surface area contributed by atoms with E-state index in [9.17, 15) is 18.0 Å². The van der Waals surface area contributed by atoms with E-state index in [0.717, 1.165) is 0 Å². The molecule has 1 aromatic carbocycles. The van der Waals surface area contributed by atoms with Crippen LogP contribution in [-0.2, 0) is 14.8 Å². The summed E-state index contributed by atoms with van der Waals surface area (Å²) in [5, 5.41) is 2.46. The Morgan fingerprint density at radius 1 is 1.12 bits per heavy atom. The van der Waals surface area contributed by atoms with Gasteiger partial charge in [-0.05, 0) is 18.2 Å². The smallest absolute Gasteiger partial charge is 0.318 e. The molecule has 1 fully saturated rings. The van der Waals surface area contributed by atoms with Crippen LogP contribution in [-0.4, -0.2) is 62.3 Å². The maximum atomic E-state index is 12.6. The Kier molecular flexibility index (Phi) is 6.64. The third kappa shape index (κ3) is 5.29. The number of sulfonamides is 1. The lowest BCUT2D eigenvalue weighted by atomic mass is 10.3. The summed E-state index contributed by atoms with van der Waals surface area (Å²) in [6, 6.07) is 3.32. The molecule has 25 heavy (non-hydrogen) atoms. The van der Waals surface area contributed by atoms with E-state index in [1.165, 1.54) is 22.5 Å². The second-order valence-corrected chi connectivity index (χ2v) is 8.24. The second-order valence-electron chi connectivity index (χ2n) is 5.48. The van der Waals surface area contributed by atoms with Gasteiger partial charge in [-0.2, -0.15) is 4.31 Å². The number of urea groups is 1. The number of amides is 3. The molecule has 0 saturated carbocycles. The zero-order valence-corrected chi connectivity index (χ0v) is 15.6. The van der Waals surface area contributed by atoms with Crippen molar-refractivity contribution in [3.05, 3.63) is 28.2 Å². The number of nitrogens with one attached hydrogen (secondary N) is 1. The van der Waals surface area contributed by atoms with Gasteiger partial charge in [0, 0.05) is 39.1 Å². The SMILES string of the molecule is NC(=O)NC(=O)CCN1CCN(S(=O)(=O)c2ccc(Cl)c(Cl)c2)CC1. The van der Waals surface area contributed by atoms with Crippen LogP contribution in [0.25, 0.3) is 0 Å². The first-order valence-corrected chi connectivity index (χ1v) is 9.66. The summed E-state index contributed by atoms with van der Waals surface area (Å²) >= 11 is 11.7. The fraction of sp³-hybridized carbons (Fsp3) is 0.429. The predicted octanol–water partition coefficient (Wildman–Crippen LogP) is 0.885. The number of piperazine rings is 1. The first-order chi connectivity index (χ1) is 11.7. The van der Waals surface area contributed by atoms with Gasteiger partial charge in [0.25, 0.3) is 0 Å². The van der Waals surface area contributed by atoms with Crippen LogP contribution >= 0.6 is 23.2 Å². The van der Waals surface area contributed by atoms with Crippen LogP contribution in [0.5, 0.6) is 0 Å². The molecular formula is C14H18Cl2N4O4S. The molecule has 0 atom stereocenters. The molecule has 11 heteroatoms. The molecule has 3 amide bonds. The van der Waals surface area contributed by atoms with Gasteiger partial charge in [0.15, 0.2) is 0 Å². The maximum Gasteiger partial charge on any atom is 0.318 e. The third-order valence-electron chi connectivity index (χ3n) is 3.78. The minimum Gasteiger partial charge on any atom is -0.351 e. The quantitative estimate of drug-likeness (QED) is 0.750. The van der Waals surface area contributed by atoms with Gasteiger partial charge in [0.05, 0.1) is 14.9 Å². The summed E-state index contributed by atoms with van der Waals surface area (Å²) < 4.78 is 26.6. The van der Waals surface area contributed by atoms with E-state index in [1.807, 2.05) is 10.2 Å². The Morgan fingerprint density at radius 2 is 1.76 bits per heavy atom. The molecule has 8 nitrogen and oxygen atoms in total. The summed E-state index contributed by atoms with van der Waals surface area (Å²) in [4.78, 5) is 24.0. The molecule has 138 valence electrons. The van der Waals surface area contributed by atoms with Gasteiger partial charge in [-0.25, -0.2) is 13.2 Å². The number of nitrogens with two attached hydrogens (primary N) is 1. The van der Waals surface area contributed by atoms with E-state index in [4.69, 9.17) is 28.9 Å². The van der Waals surface area contributed by atoms with Gasteiger partial charge >= 0.3 is 6.03 Å². The van der Waals surface area contributed by atoms with Crippen LogP contribution in [0.4, 0.5) is 4.79 Å². The Labute approximate surface area is 155 Å². The van der Waals surface area contributed by atoms with Crippen molar-refractivity contribution < 1.29 is 18.0 Å². The van der Waals surface area contributed by atoms with E-state index in [-0.39, 0.29) is 16.3 Å². The largest absolute Gasteiger partial charge is 0.351 e. The standard InChI is InChI=1S/C14H18Cl2N4O4S/c15-11-2-1-10(9-12(11)16)25(23,24)20-7-5-19(6-8-20)4-3-13(21)18-14(17)22/h1-2,9H,3-8H2,(H3,17,18,21,22). The predicted molar refractivity (Wildman–Crippen MR) is 94.0 cm³/mol.